The van der Waals surface area contributed by atoms with Gasteiger partial charge in [0, 0.05) is 17.3 Å². The molecule has 1 unspecified atom stereocenters. The lowest BCUT2D eigenvalue weighted by Crippen LogP contribution is -2.51. The van der Waals surface area contributed by atoms with Gasteiger partial charge in [-0.25, -0.2) is 0 Å². The van der Waals surface area contributed by atoms with E-state index in [4.69, 9.17) is 0 Å². The molecule has 1 fully saturated rings. The summed E-state index contributed by atoms with van der Waals surface area (Å²) < 4.78 is 0. The zero-order valence-corrected chi connectivity index (χ0v) is 12.0. The first-order valence-electron chi connectivity index (χ1n) is 6.21. The molecule has 0 aromatic rings. The van der Waals surface area contributed by atoms with E-state index < -0.39 is 0 Å². The second kappa shape index (κ2) is 5.09. The van der Waals surface area contributed by atoms with Gasteiger partial charge in [-0.15, -0.1) is 0 Å². The number of rotatable bonds is 1. The quantitative estimate of drug-likeness (QED) is 0.675. The van der Waals surface area contributed by atoms with Crippen molar-refractivity contribution in [2.45, 2.75) is 65.3 Å². The number of nitrogens with zero attached hydrogens (tertiary/aromatic N) is 1. The number of hydrogen-bond acceptors (Lipinski definition) is 2. The van der Waals surface area contributed by atoms with Crippen LogP contribution in [0.15, 0.2) is 0 Å². The van der Waals surface area contributed by atoms with Gasteiger partial charge in [-0.05, 0) is 38.0 Å². The van der Waals surface area contributed by atoms with Crippen molar-refractivity contribution in [1.29, 1.82) is 0 Å². The molecule has 2 atom stereocenters. The summed E-state index contributed by atoms with van der Waals surface area (Å²) in [7, 11) is 0. The molecule has 1 aliphatic rings. The molecule has 1 rings (SSSR count). The zero-order valence-electron chi connectivity index (χ0n) is 11.2. The number of hydrogen-bond donors (Lipinski definition) is 0. The van der Waals surface area contributed by atoms with Gasteiger partial charge in [0.15, 0.2) is 0 Å². The highest BCUT2D eigenvalue weighted by Crippen LogP contribution is 2.36. The molecule has 0 amide bonds. The first-order chi connectivity index (χ1) is 6.84. The third-order valence-electron chi connectivity index (χ3n) is 3.29. The van der Waals surface area contributed by atoms with Crippen molar-refractivity contribution in [3.8, 4) is 0 Å². The Kier molecular flexibility index (Phi) is 4.54. The maximum absolute atomic E-state index is 2.71. The van der Waals surface area contributed by atoms with E-state index in [1.54, 1.807) is 0 Å². The van der Waals surface area contributed by atoms with Crippen LogP contribution >= 0.6 is 11.8 Å². The first-order valence-corrected chi connectivity index (χ1v) is 7.26. The lowest BCUT2D eigenvalue weighted by atomic mass is 9.83. The van der Waals surface area contributed by atoms with Crippen molar-refractivity contribution in [2.75, 3.05) is 12.3 Å². The summed E-state index contributed by atoms with van der Waals surface area (Å²) in [5, 5.41) is 0.759. The predicted octanol–water partition coefficient (Wildman–Crippen LogP) is 3.64. The van der Waals surface area contributed by atoms with E-state index in [9.17, 15) is 0 Å². The van der Waals surface area contributed by atoms with E-state index in [0.717, 1.165) is 5.25 Å². The molecule has 0 spiro atoms. The monoisotopic (exact) mass is 229 g/mol. The van der Waals surface area contributed by atoms with Crippen LogP contribution in [0.1, 0.15) is 48.0 Å². The van der Waals surface area contributed by atoms with E-state index in [2.05, 4.69) is 58.2 Å². The summed E-state index contributed by atoms with van der Waals surface area (Å²) in [6, 6.07) is 1.39. The van der Waals surface area contributed by atoms with Crippen LogP contribution in [0.5, 0.6) is 0 Å². The van der Waals surface area contributed by atoms with Crippen LogP contribution in [0.2, 0.25) is 0 Å². The second-order valence-electron chi connectivity index (χ2n) is 6.07. The van der Waals surface area contributed by atoms with Crippen molar-refractivity contribution < 1.29 is 0 Å². The standard InChI is InChI=1S/C13H27NS/c1-10(2)14-8-7-9-15-11(3)12(14)13(4,5)6/h10-12H,7-9H2,1-6H3/t11?,12-/m1/s1. The van der Waals surface area contributed by atoms with Crippen LogP contribution in [0.3, 0.4) is 0 Å². The van der Waals surface area contributed by atoms with Crippen LogP contribution in [0.25, 0.3) is 0 Å². The maximum atomic E-state index is 2.71. The lowest BCUT2D eigenvalue weighted by molar-refractivity contribution is 0.0744. The Morgan fingerprint density at radius 3 is 2.33 bits per heavy atom. The summed E-state index contributed by atoms with van der Waals surface area (Å²) in [6.07, 6.45) is 1.35. The van der Waals surface area contributed by atoms with Gasteiger partial charge in [0.1, 0.15) is 0 Å². The normalized spacial score (nSPS) is 30.6. The molecule has 1 heterocycles. The third-order valence-corrected chi connectivity index (χ3v) is 4.60. The largest absolute Gasteiger partial charge is 0.296 e. The molecule has 15 heavy (non-hydrogen) atoms. The molecular weight excluding hydrogens is 202 g/mol. The molecule has 90 valence electrons. The fourth-order valence-corrected chi connectivity index (χ4v) is 4.21. The highest BCUT2D eigenvalue weighted by molar-refractivity contribution is 7.99. The van der Waals surface area contributed by atoms with Gasteiger partial charge >= 0.3 is 0 Å². The van der Waals surface area contributed by atoms with Crippen LogP contribution in [-0.2, 0) is 0 Å². The molecule has 1 aliphatic heterocycles. The summed E-state index contributed by atoms with van der Waals surface area (Å²) in [5.41, 5.74) is 0.390. The van der Waals surface area contributed by atoms with Gasteiger partial charge in [-0.3, -0.25) is 4.90 Å². The minimum atomic E-state index is 0.390. The lowest BCUT2D eigenvalue weighted by Gasteiger charge is -2.44. The van der Waals surface area contributed by atoms with E-state index in [1.165, 1.54) is 18.7 Å². The van der Waals surface area contributed by atoms with Crippen molar-refractivity contribution in [3.63, 3.8) is 0 Å². The summed E-state index contributed by atoms with van der Waals surface area (Å²) in [4.78, 5) is 2.71. The van der Waals surface area contributed by atoms with Crippen molar-refractivity contribution >= 4 is 11.8 Å². The van der Waals surface area contributed by atoms with Gasteiger partial charge in [-0.2, -0.15) is 11.8 Å². The SMILES string of the molecule is CC1SCCCN(C(C)C)[C@H]1C(C)(C)C. The summed E-state index contributed by atoms with van der Waals surface area (Å²) in [5.74, 6) is 1.33. The van der Waals surface area contributed by atoms with E-state index in [0.29, 0.717) is 17.5 Å². The van der Waals surface area contributed by atoms with E-state index in [-0.39, 0.29) is 0 Å². The minimum Gasteiger partial charge on any atom is -0.296 e. The Bertz CT molecular complexity index is 195. The smallest absolute Gasteiger partial charge is 0.0263 e. The molecule has 0 aromatic carbocycles. The Balaban J connectivity index is 2.89. The van der Waals surface area contributed by atoms with E-state index in [1.807, 2.05) is 0 Å². The average Bonchev–Trinajstić information content (AvgIpc) is 2.24. The summed E-state index contributed by atoms with van der Waals surface area (Å²) in [6.45, 7) is 15.5. The summed E-state index contributed by atoms with van der Waals surface area (Å²) >= 11 is 2.15. The van der Waals surface area contributed by atoms with E-state index >= 15 is 0 Å². The molecule has 0 aliphatic carbocycles. The molecule has 0 radical (unpaired) electrons. The Hall–Kier alpha value is 0.310. The fourth-order valence-electron chi connectivity index (χ4n) is 2.80. The molecule has 1 saturated heterocycles. The van der Waals surface area contributed by atoms with Gasteiger partial charge in [0.05, 0.1) is 0 Å². The molecule has 2 heteroatoms. The van der Waals surface area contributed by atoms with Gasteiger partial charge in [0.2, 0.25) is 0 Å². The van der Waals surface area contributed by atoms with Crippen molar-refractivity contribution in [3.05, 3.63) is 0 Å². The van der Waals surface area contributed by atoms with Gasteiger partial charge in [0.25, 0.3) is 0 Å². The Morgan fingerprint density at radius 1 is 1.27 bits per heavy atom. The molecule has 0 bridgehead atoms. The van der Waals surface area contributed by atoms with Crippen molar-refractivity contribution in [1.82, 2.24) is 4.90 Å². The van der Waals surface area contributed by atoms with Crippen LogP contribution in [0, 0.1) is 5.41 Å². The molecule has 1 nitrogen and oxygen atoms in total. The zero-order chi connectivity index (χ0) is 11.6. The maximum Gasteiger partial charge on any atom is 0.0263 e. The highest BCUT2D eigenvalue weighted by atomic mass is 32.2. The Labute approximate surface area is 100.0 Å². The van der Waals surface area contributed by atoms with Crippen molar-refractivity contribution in [2.24, 2.45) is 5.41 Å². The average molecular weight is 229 g/mol. The highest BCUT2D eigenvalue weighted by Gasteiger charge is 2.37. The van der Waals surface area contributed by atoms with Gasteiger partial charge in [-0.1, -0.05) is 27.7 Å². The predicted molar refractivity (Wildman–Crippen MR) is 71.6 cm³/mol. The molecular formula is C13H27NS. The minimum absolute atomic E-state index is 0.390. The third kappa shape index (κ3) is 3.39. The molecule has 0 saturated carbocycles. The Morgan fingerprint density at radius 2 is 1.87 bits per heavy atom. The number of thioether (sulfide) groups is 1. The van der Waals surface area contributed by atoms with Gasteiger partial charge < -0.3 is 0 Å². The van der Waals surface area contributed by atoms with Crippen LogP contribution in [-0.4, -0.2) is 34.5 Å². The molecule has 0 N–H and O–H groups in total. The topological polar surface area (TPSA) is 3.24 Å². The molecule has 0 aromatic heterocycles. The van der Waals surface area contributed by atoms with Crippen LogP contribution < -0.4 is 0 Å². The second-order valence-corrected chi connectivity index (χ2v) is 7.56. The van der Waals surface area contributed by atoms with Crippen LogP contribution in [0.4, 0.5) is 0 Å². The fraction of sp³-hybridized carbons (Fsp3) is 1.00. The first kappa shape index (κ1) is 13.4.